The first-order valence-electron chi connectivity index (χ1n) is 6.51. The van der Waals surface area contributed by atoms with Crippen molar-refractivity contribution in [3.8, 4) is 0 Å². The summed E-state index contributed by atoms with van der Waals surface area (Å²) < 4.78 is 0. The molecule has 0 saturated heterocycles. The van der Waals surface area contributed by atoms with Gasteiger partial charge in [0.05, 0.1) is 6.04 Å². The summed E-state index contributed by atoms with van der Waals surface area (Å²) in [6, 6.07) is 7.12. The molecule has 1 aromatic carbocycles. The Morgan fingerprint density at radius 1 is 1.19 bits per heavy atom. The molecule has 0 spiro atoms. The van der Waals surface area contributed by atoms with E-state index in [-0.39, 0.29) is 12.8 Å². The molecule has 0 aliphatic rings. The van der Waals surface area contributed by atoms with E-state index >= 15 is 0 Å². The van der Waals surface area contributed by atoms with Gasteiger partial charge in [-0.1, -0.05) is 30.3 Å². The van der Waals surface area contributed by atoms with Crippen molar-refractivity contribution in [3.05, 3.63) is 35.9 Å². The number of aliphatic carboxylic acids is 1. The first-order chi connectivity index (χ1) is 9.90. The molecule has 2 atom stereocenters. The Kier molecular flexibility index (Phi) is 6.35. The zero-order chi connectivity index (χ0) is 15.8. The quantitative estimate of drug-likeness (QED) is 0.507. The molecule has 0 radical (unpaired) electrons. The second-order valence-corrected chi connectivity index (χ2v) is 4.70. The van der Waals surface area contributed by atoms with E-state index in [2.05, 4.69) is 5.32 Å². The minimum absolute atomic E-state index is 0.0610. The van der Waals surface area contributed by atoms with Crippen molar-refractivity contribution < 1.29 is 19.5 Å². The molecule has 0 saturated carbocycles. The van der Waals surface area contributed by atoms with E-state index in [4.69, 9.17) is 16.6 Å². The van der Waals surface area contributed by atoms with E-state index in [0.717, 1.165) is 5.56 Å². The molecule has 0 aliphatic carbocycles. The van der Waals surface area contributed by atoms with Crippen molar-refractivity contribution in [1.29, 1.82) is 0 Å². The number of benzene rings is 1. The minimum atomic E-state index is -1.23. The molecule has 0 fully saturated rings. The van der Waals surface area contributed by atoms with Crippen LogP contribution in [0.1, 0.15) is 18.4 Å². The highest BCUT2D eigenvalue weighted by atomic mass is 16.4. The lowest BCUT2D eigenvalue weighted by Gasteiger charge is -2.17. The lowest BCUT2D eigenvalue weighted by atomic mass is 10.1. The van der Waals surface area contributed by atoms with Gasteiger partial charge in [-0.25, -0.2) is 4.79 Å². The van der Waals surface area contributed by atoms with Crippen LogP contribution in [-0.2, 0) is 20.8 Å². The van der Waals surface area contributed by atoms with Gasteiger partial charge in [0.2, 0.25) is 11.8 Å². The van der Waals surface area contributed by atoms with Gasteiger partial charge in [-0.05, 0) is 18.4 Å². The molecule has 0 bridgehead atoms. The van der Waals surface area contributed by atoms with Crippen LogP contribution >= 0.6 is 0 Å². The van der Waals surface area contributed by atoms with Gasteiger partial charge in [-0.15, -0.1) is 0 Å². The molecule has 2 amide bonds. The molecule has 7 heteroatoms. The van der Waals surface area contributed by atoms with E-state index in [1.165, 1.54) is 0 Å². The molecular weight excluding hydrogens is 274 g/mol. The van der Waals surface area contributed by atoms with Crippen molar-refractivity contribution >= 4 is 17.8 Å². The fraction of sp³-hybridized carbons (Fsp3) is 0.357. The second kappa shape index (κ2) is 8.01. The zero-order valence-electron chi connectivity index (χ0n) is 11.5. The van der Waals surface area contributed by atoms with Crippen molar-refractivity contribution in [3.63, 3.8) is 0 Å². The predicted octanol–water partition coefficient (Wildman–Crippen LogP) is -0.609. The lowest BCUT2D eigenvalue weighted by Crippen LogP contribution is -2.49. The van der Waals surface area contributed by atoms with Gasteiger partial charge in [-0.2, -0.15) is 0 Å². The smallest absolute Gasteiger partial charge is 0.326 e. The summed E-state index contributed by atoms with van der Waals surface area (Å²) >= 11 is 0. The number of hydrogen-bond acceptors (Lipinski definition) is 4. The molecular formula is C14H19N3O4. The predicted molar refractivity (Wildman–Crippen MR) is 76.1 cm³/mol. The molecule has 1 rings (SSSR count). The van der Waals surface area contributed by atoms with Crippen molar-refractivity contribution in [2.24, 2.45) is 11.5 Å². The Labute approximate surface area is 122 Å². The van der Waals surface area contributed by atoms with Crippen molar-refractivity contribution in [2.45, 2.75) is 31.3 Å². The van der Waals surface area contributed by atoms with Crippen LogP contribution in [0.15, 0.2) is 30.3 Å². The number of primary amides is 1. The minimum Gasteiger partial charge on any atom is -0.480 e. The molecule has 114 valence electrons. The Bertz CT molecular complexity index is 504. The fourth-order valence-corrected chi connectivity index (χ4v) is 1.78. The first kappa shape index (κ1) is 16.6. The highest BCUT2D eigenvalue weighted by molar-refractivity contribution is 5.87. The van der Waals surface area contributed by atoms with Gasteiger partial charge < -0.3 is 21.9 Å². The third-order valence-electron chi connectivity index (χ3n) is 2.93. The van der Waals surface area contributed by atoms with Gasteiger partial charge in [0, 0.05) is 6.42 Å². The number of amides is 2. The van der Waals surface area contributed by atoms with Crippen molar-refractivity contribution in [2.75, 3.05) is 0 Å². The highest BCUT2D eigenvalue weighted by Crippen LogP contribution is 2.03. The Morgan fingerprint density at radius 3 is 2.33 bits per heavy atom. The maximum atomic E-state index is 11.9. The largest absolute Gasteiger partial charge is 0.480 e. The Morgan fingerprint density at radius 2 is 1.81 bits per heavy atom. The van der Waals surface area contributed by atoms with E-state index in [0.29, 0.717) is 6.42 Å². The first-order valence-corrected chi connectivity index (χ1v) is 6.51. The van der Waals surface area contributed by atoms with Crippen LogP contribution in [0.5, 0.6) is 0 Å². The lowest BCUT2D eigenvalue weighted by molar-refractivity contribution is -0.142. The van der Waals surface area contributed by atoms with Gasteiger partial charge in [0.15, 0.2) is 0 Å². The SMILES string of the molecule is NC(=O)CC[C@H](NC(=O)[C@@H](N)Cc1ccccc1)C(=O)O. The van der Waals surface area contributed by atoms with Crippen LogP contribution in [0, 0.1) is 0 Å². The summed E-state index contributed by atoms with van der Waals surface area (Å²) in [7, 11) is 0. The van der Waals surface area contributed by atoms with Crippen LogP contribution in [-0.4, -0.2) is 35.0 Å². The maximum Gasteiger partial charge on any atom is 0.326 e. The Hall–Kier alpha value is -2.41. The van der Waals surface area contributed by atoms with Crippen LogP contribution in [0.3, 0.4) is 0 Å². The van der Waals surface area contributed by atoms with Gasteiger partial charge in [0.25, 0.3) is 0 Å². The number of hydrogen-bond donors (Lipinski definition) is 4. The molecule has 0 unspecified atom stereocenters. The topological polar surface area (TPSA) is 136 Å². The van der Waals surface area contributed by atoms with Crippen LogP contribution in [0.2, 0.25) is 0 Å². The fourth-order valence-electron chi connectivity index (χ4n) is 1.78. The van der Waals surface area contributed by atoms with E-state index in [9.17, 15) is 14.4 Å². The zero-order valence-corrected chi connectivity index (χ0v) is 11.5. The van der Waals surface area contributed by atoms with E-state index in [1.54, 1.807) is 0 Å². The summed E-state index contributed by atoms with van der Waals surface area (Å²) in [6.07, 6.45) is 0.120. The third-order valence-corrected chi connectivity index (χ3v) is 2.93. The monoisotopic (exact) mass is 293 g/mol. The summed E-state index contributed by atoms with van der Waals surface area (Å²) in [5.41, 5.74) is 11.6. The normalized spacial score (nSPS) is 13.2. The Balaban J connectivity index is 2.56. The summed E-state index contributed by atoms with van der Waals surface area (Å²) in [5.74, 6) is -2.42. The molecule has 0 aromatic heterocycles. The van der Waals surface area contributed by atoms with E-state index < -0.39 is 29.9 Å². The summed E-state index contributed by atoms with van der Waals surface area (Å²) in [6.45, 7) is 0. The average molecular weight is 293 g/mol. The average Bonchev–Trinajstić information content (AvgIpc) is 2.43. The van der Waals surface area contributed by atoms with Gasteiger partial charge >= 0.3 is 5.97 Å². The molecule has 0 aliphatic heterocycles. The van der Waals surface area contributed by atoms with Gasteiger partial charge in [-0.3, -0.25) is 9.59 Å². The number of carbonyl (C=O) groups excluding carboxylic acids is 2. The number of carboxylic acid groups (broad SMARTS) is 1. The number of rotatable bonds is 8. The molecule has 6 N–H and O–H groups in total. The van der Waals surface area contributed by atoms with Gasteiger partial charge in [0.1, 0.15) is 6.04 Å². The van der Waals surface area contributed by atoms with Crippen LogP contribution in [0.25, 0.3) is 0 Å². The van der Waals surface area contributed by atoms with Crippen LogP contribution < -0.4 is 16.8 Å². The standard InChI is InChI=1S/C14H19N3O4/c15-10(8-9-4-2-1-3-5-9)13(19)17-11(14(20)21)6-7-12(16)18/h1-5,10-11H,6-8,15H2,(H2,16,18)(H,17,19)(H,20,21)/t10-,11-/m0/s1. The third kappa shape index (κ3) is 6.05. The molecule has 7 nitrogen and oxygen atoms in total. The second-order valence-electron chi connectivity index (χ2n) is 4.70. The number of nitrogens with two attached hydrogens (primary N) is 2. The summed E-state index contributed by atoms with van der Waals surface area (Å²) in [5, 5.41) is 11.3. The summed E-state index contributed by atoms with van der Waals surface area (Å²) in [4.78, 5) is 33.6. The number of nitrogens with one attached hydrogen (secondary N) is 1. The van der Waals surface area contributed by atoms with E-state index in [1.807, 2.05) is 30.3 Å². The number of carbonyl (C=O) groups is 3. The maximum absolute atomic E-state index is 11.9. The molecule has 1 aromatic rings. The number of carboxylic acids is 1. The molecule has 21 heavy (non-hydrogen) atoms. The van der Waals surface area contributed by atoms with Crippen LogP contribution in [0.4, 0.5) is 0 Å². The highest BCUT2D eigenvalue weighted by Gasteiger charge is 2.23. The van der Waals surface area contributed by atoms with Crippen molar-refractivity contribution in [1.82, 2.24) is 5.32 Å². The molecule has 0 heterocycles.